The first-order chi connectivity index (χ1) is 7.79. The number of nitrogens with two attached hydrogens (primary N) is 1. The number of halogens is 3. The number of hydrazine groups is 1. The van der Waals surface area contributed by atoms with Gasteiger partial charge in [-0.3, -0.25) is 5.84 Å². The van der Waals surface area contributed by atoms with Crippen LogP contribution in [0.5, 0.6) is 0 Å². The molecule has 0 aliphatic rings. The molecule has 5 N–H and O–H groups in total. The van der Waals surface area contributed by atoms with Gasteiger partial charge in [0.05, 0.1) is 20.8 Å². The van der Waals surface area contributed by atoms with E-state index in [9.17, 15) is 0 Å². The number of carbonyl (C=O) groups is 2. The van der Waals surface area contributed by atoms with Crippen LogP contribution >= 0.6 is 34.8 Å². The van der Waals surface area contributed by atoms with Crippen molar-refractivity contribution in [3.8, 4) is 0 Å². The van der Waals surface area contributed by atoms with Crippen molar-refractivity contribution in [3.63, 3.8) is 0 Å². The van der Waals surface area contributed by atoms with Gasteiger partial charge in [-0.1, -0.05) is 34.8 Å². The van der Waals surface area contributed by atoms with Crippen LogP contribution in [-0.4, -0.2) is 22.2 Å². The molecule has 0 fully saturated rings. The monoisotopic (exact) mass is 300 g/mol. The molecule has 0 aromatic heterocycles. The maximum Gasteiger partial charge on any atom is 0.414 e. The lowest BCUT2D eigenvalue weighted by atomic mass is 10.3. The Morgan fingerprint density at radius 3 is 1.76 bits per heavy atom. The van der Waals surface area contributed by atoms with Crippen molar-refractivity contribution in [2.24, 2.45) is 5.84 Å². The molecule has 0 unspecified atom stereocenters. The molecule has 1 aromatic carbocycles. The van der Waals surface area contributed by atoms with Gasteiger partial charge < -0.3 is 15.6 Å². The molecule has 0 saturated carbocycles. The van der Waals surface area contributed by atoms with Crippen molar-refractivity contribution in [2.45, 2.75) is 0 Å². The average Bonchev–Trinajstić information content (AvgIpc) is 2.24. The Morgan fingerprint density at radius 2 is 1.41 bits per heavy atom. The molecule has 94 valence electrons. The fourth-order valence-electron chi connectivity index (χ4n) is 0.633. The minimum absolute atomic E-state index is 0.413. The molecule has 0 radical (unpaired) electrons. The van der Waals surface area contributed by atoms with Crippen molar-refractivity contribution < 1.29 is 19.8 Å². The molecule has 1 rings (SSSR count). The number of rotatable bonds is 1. The first-order valence-electron chi connectivity index (χ1n) is 3.87. The number of nitrogens with one attached hydrogen (secondary N) is 1. The predicted molar refractivity (Wildman–Crippen MR) is 64.6 cm³/mol. The Bertz CT molecular complexity index is 427. The highest BCUT2D eigenvalue weighted by Crippen LogP contribution is 2.31. The van der Waals surface area contributed by atoms with E-state index in [1.54, 1.807) is 6.07 Å². The van der Waals surface area contributed by atoms with E-state index in [-0.39, 0.29) is 0 Å². The summed E-state index contributed by atoms with van der Waals surface area (Å²) < 4.78 is 0. The topological polar surface area (TPSA) is 113 Å². The normalized spacial score (nSPS) is 8.94. The van der Waals surface area contributed by atoms with Crippen molar-refractivity contribution in [2.75, 3.05) is 5.43 Å². The molecule has 0 aliphatic carbocycles. The van der Waals surface area contributed by atoms with Gasteiger partial charge in [0.25, 0.3) is 0 Å². The van der Waals surface area contributed by atoms with Crippen molar-refractivity contribution in [1.82, 2.24) is 0 Å². The first kappa shape index (κ1) is 15.8. The third kappa shape index (κ3) is 5.60. The quantitative estimate of drug-likeness (QED) is 0.273. The number of aliphatic carboxylic acids is 2. The van der Waals surface area contributed by atoms with E-state index in [4.69, 9.17) is 60.4 Å². The zero-order valence-corrected chi connectivity index (χ0v) is 10.3. The maximum absolute atomic E-state index is 9.10. The van der Waals surface area contributed by atoms with Crippen LogP contribution in [0.2, 0.25) is 15.1 Å². The summed E-state index contributed by atoms with van der Waals surface area (Å²) in [6, 6.07) is 3.09. The van der Waals surface area contributed by atoms with Gasteiger partial charge in [0.1, 0.15) is 0 Å². The highest BCUT2D eigenvalue weighted by Gasteiger charge is 2.04. The van der Waals surface area contributed by atoms with Crippen molar-refractivity contribution in [3.05, 3.63) is 27.2 Å². The SMILES string of the molecule is NNc1cc(Cl)c(Cl)cc1Cl.O=C(O)C(=O)O. The summed E-state index contributed by atoms with van der Waals surface area (Å²) in [5.41, 5.74) is 2.94. The van der Waals surface area contributed by atoms with E-state index in [2.05, 4.69) is 5.43 Å². The van der Waals surface area contributed by atoms with Gasteiger partial charge in [0.15, 0.2) is 0 Å². The van der Waals surface area contributed by atoms with Gasteiger partial charge in [0, 0.05) is 0 Å². The van der Waals surface area contributed by atoms with Crippen LogP contribution in [-0.2, 0) is 9.59 Å². The average molecular weight is 302 g/mol. The predicted octanol–water partition coefficient (Wildman–Crippen LogP) is 2.09. The number of anilines is 1. The first-order valence-corrected chi connectivity index (χ1v) is 5.00. The number of benzene rings is 1. The minimum Gasteiger partial charge on any atom is -0.473 e. The zero-order valence-electron chi connectivity index (χ0n) is 8.08. The highest BCUT2D eigenvalue weighted by molar-refractivity contribution is 6.44. The highest BCUT2D eigenvalue weighted by atomic mass is 35.5. The largest absolute Gasteiger partial charge is 0.473 e. The molecule has 0 heterocycles. The molecule has 0 amide bonds. The van der Waals surface area contributed by atoms with Crippen LogP contribution in [0.1, 0.15) is 0 Å². The summed E-state index contributed by atoms with van der Waals surface area (Å²) in [5, 5.41) is 16.1. The van der Waals surface area contributed by atoms with Crippen LogP contribution in [0.25, 0.3) is 0 Å². The third-order valence-electron chi connectivity index (χ3n) is 1.35. The molecule has 6 nitrogen and oxygen atoms in total. The van der Waals surface area contributed by atoms with Gasteiger partial charge in [-0.2, -0.15) is 0 Å². The molecule has 0 bridgehead atoms. The minimum atomic E-state index is -1.82. The Balaban J connectivity index is 0.000000366. The van der Waals surface area contributed by atoms with Gasteiger partial charge in [-0.05, 0) is 12.1 Å². The van der Waals surface area contributed by atoms with E-state index in [0.717, 1.165) is 0 Å². The molecular formula is C8H7Cl3N2O4. The van der Waals surface area contributed by atoms with E-state index in [1.807, 2.05) is 0 Å². The summed E-state index contributed by atoms with van der Waals surface area (Å²) >= 11 is 17.1. The molecule has 0 aliphatic heterocycles. The summed E-state index contributed by atoms with van der Waals surface area (Å²) in [7, 11) is 0. The fourth-order valence-corrected chi connectivity index (χ4v) is 1.23. The Kier molecular flexibility index (Phi) is 6.67. The maximum atomic E-state index is 9.10. The zero-order chi connectivity index (χ0) is 13.6. The van der Waals surface area contributed by atoms with Crippen molar-refractivity contribution in [1.29, 1.82) is 0 Å². The summed E-state index contributed by atoms with van der Waals surface area (Å²) in [4.78, 5) is 18.2. The second-order valence-corrected chi connectivity index (χ2v) is 3.72. The summed E-state index contributed by atoms with van der Waals surface area (Å²) in [6.07, 6.45) is 0. The Morgan fingerprint density at radius 1 is 1.00 bits per heavy atom. The van der Waals surface area contributed by atoms with Crippen LogP contribution in [0, 0.1) is 0 Å². The number of carboxylic acids is 2. The standard InChI is InChI=1S/C6H5Cl3N2.C2H2O4/c7-3-1-5(9)6(11-10)2-4(3)8;3-1(4)2(5)6/h1-2,11H,10H2;(H,3,4)(H,5,6). The number of nitrogen functional groups attached to an aromatic ring is 1. The van der Waals surface area contributed by atoms with Gasteiger partial charge in [-0.25, -0.2) is 9.59 Å². The van der Waals surface area contributed by atoms with Crippen LogP contribution in [0.4, 0.5) is 5.69 Å². The fraction of sp³-hybridized carbons (Fsp3) is 0. The summed E-state index contributed by atoms with van der Waals surface area (Å²) in [5.74, 6) is 1.49. The van der Waals surface area contributed by atoms with E-state index >= 15 is 0 Å². The summed E-state index contributed by atoms with van der Waals surface area (Å²) in [6.45, 7) is 0. The van der Waals surface area contributed by atoms with E-state index in [0.29, 0.717) is 20.8 Å². The van der Waals surface area contributed by atoms with Gasteiger partial charge >= 0.3 is 11.9 Å². The molecule has 0 saturated heterocycles. The van der Waals surface area contributed by atoms with Gasteiger partial charge in [-0.15, -0.1) is 0 Å². The Hall–Kier alpha value is -1.21. The third-order valence-corrected chi connectivity index (χ3v) is 2.38. The number of hydrogen-bond donors (Lipinski definition) is 4. The molecule has 17 heavy (non-hydrogen) atoms. The number of hydrogen-bond acceptors (Lipinski definition) is 4. The number of carboxylic acid groups (broad SMARTS) is 2. The van der Waals surface area contributed by atoms with Gasteiger partial charge in [0.2, 0.25) is 0 Å². The molecular weight excluding hydrogens is 294 g/mol. The van der Waals surface area contributed by atoms with Crippen LogP contribution in [0.15, 0.2) is 12.1 Å². The smallest absolute Gasteiger partial charge is 0.414 e. The lowest BCUT2D eigenvalue weighted by Crippen LogP contribution is -2.09. The molecule has 1 aromatic rings. The van der Waals surface area contributed by atoms with Crippen LogP contribution in [0.3, 0.4) is 0 Å². The Labute approximate surface area is 111 Å². The van der Waals surface area contributed by atoms with Crippen molar-refractivity contribution >= 4 is 52.4 Å². The van der Waals surface area contributed by atoms with E-state index < -0.39 is 11.9 Å². The molecule has 0 atom stereocenters. The van der Waals surface area contributed by atoms with Crippen LogP contribution < -0.4 is 11.3 Å². The second-order valence-electron chi connectivity index (χ2n) is 2.50. The van der Waals surface area contributed by atoms with E-state index in [1.165, 1.54) is 6.07 Å². The molecule has 0 spiro atoms. The lowest BCUT2D eigenvalue weighted by Gasteiger charge is -2.03. The lowest BCUT2D eigenvalue weighted by molar-refractivity contribution is -0.159. The second kappa shape index (κ2) is 7.18. The molecule has 9 heteroatoms.